The van der Waals surface area contributed by atoms with Gasteiger partial charge in [0.15, 0.2) is 0 Å². The van der Waals surface area contributed by atoms with Gasteiger partial charge in [0.05, 0.1) is 10.8 Å². The third-order valence-electron chi connectivity index (χ3n) is 15.1. The first-order valence-electron chi connectivity index (χ1n) is 23.4. The molecule has 1 heteroatoms. The SMILES string of the molecule is c1ccc(-c2cc3c(c4ccccc24)C(c2ccccc2)(c2ccccc2)c2ccc(N(c4ccccc4)c4ccc5c(c4)C4(c6ccccc6-c6ccccc64)c4ccccc4-5)cc2-3)cc1. The highest BCUT2D eigenvalue weighted by atomic mass is 15.1. The van der Waals surface area contributed by atoms with E-state index in [-0.39, 0.29) is 0 Å². The van der Waals surface area contributed by atoms with Gasteiger partial charge in [0.1, 0.15) is 0 Å². The van der Waals surface area contributed by atoms with Crippen molar-refractivity contribution in [1.82, 2.24) is 0 Å². The van der Waals surface area contributed by atoms with Crippen LogP contribution in [0, 0.1) is 0 Å². The van der Waals surface area contributed by atoms with E-state index in [9.17, 15) is 0 Å². The summed E-state index contributed by atoms with van der Waals surface area (Å²) in [5.41, 5.74) is 23.0. The van der Waals surface area contributed by atoms with Gasteiger partial charge in [-0.2, -0.15) is 0 Å². The fourth-order valence-electron chi connectivity index (χ4n) is 12.6. The fraction of sp³-hybridized carbons (Fsp3) is 0.0303. The molecule has 0 atom stereocenters. The van der Waals surface area contributed by atoms with Crippen molar-refractivity contribution in [2.75, 3.05) is 4.90 Å². The van der Waals surface area contributed by atoms with Gasteiger partial charge in [-0.3, -0.25) is 0 Å². The van der Waals surface area contributed by atoms with Crippen molar-refractivity contribution < 1.29 is 0 Å². The molecule has 0 aliphatic heterocycles. The van der Waals surface area contributed by atoms with Crippen molar-refractivity contribution in [3.63, 3.8) is 0 Å². The summed E-state index contributed by atoms with van der Waals surface area (Å²) in [5, 5.41) is 2.52. The fourth-order valence-corrected chi connectivity index (χ4v) is 12.6. The molecule has 1 nitrogen and oxygen atoms in total. The summed E-state index contributed by atoms with van der Waals surface area (Å²) in [5.74, 6) is 0. The zero-order chi connectivity index (χ0) is 44.1. The number of hydrogen-bond acceptors (Lipinski definition) is 1. The van der Waals surface area contributed by atoms with Crippen LogP contribution >= 0.6 is 0 Å². The molecular formula is C66H43N. The molecule has 14 rings (SSSR count). The smallest absolute Gasteiger partial charge is 0.0726 e. The minimum absolute atomic E-state index is 0.450. The molecule has 0 heterocycles. The van der Waals surface area contributed by atoms with E-state index in [2.05, 4.69) is 266 Å². The molecule has 67 heavy (non-hydrogen) atoms. The van der Waals surface area contributed by atoms with Crippen molar-refractivity contribution in [2.24, 2.45) is 0 Å². The molecule has 0 radical (unpaired) electrons. The second kappa shape index (κ2) is 14.5. The van der Waals surface area contributed by atoms with Gasteiger partial charge in [-0.15, -0.1) is 0 Å². The predicted molar refractivity (Wildman–Crippen MR) is 278 cm³/mol. The van der Waals surface area contributed by atoms with Gasteiger partial charge in [-0.05, 0) is 142 Å². The van der Waals surface area contributed by atoms with E-state index in [1.807, 2.05) is 0 Å². The number of benzene rings is 11. The maximum absolute atomic E-state index is 2.50. The summed E-state index contributed by atoms with van der Waals surface area (Å²) in [6, 6.07) is 97.5. The molecule has 11 aromatic rings. The van der Waals surface area contributed by atoms with Crippen molar-refractivity contribution in [3.8, 4) is 44.5 Å². The third-order valence-corrected chi connectivity index (χ3v) is 15.1. The number of rotatable bonds is 6. The van der Waals surface area contributed by atoms with E-state index >= 15 is 0 Å². The Morgan fingerprint density at radius 2 is 0.687 bits per heavy atom. The Hall–Kier alpha value is -8.52. The first-order chi connectivity index (χ1) is 33.3. The van der Waals surface area contributed by atoms with Gasteiger partial charge >= 0.3 is 0 Å². The maximum atomic E-state index is 2.50. The number of para-hydroxylation sites is 1. The monoisotopic (exact) mass is 849 g/mol. The zero-order valence-electron chi connectivity index (χ0n) is 36.8. The number of hydrogen-bond donors (Lipinski definition) is 0. The molecule has 11 aromatic carbocycles. The van der Waals surface area contributed by atoms with Gasteiger partial charge in [0, 0.05) is 17.1 Å². The Bertz CT molecular complexity index is 3640. The summed E-state index contributed by atoms with van der Waals surface area (Å²) < 4.78 is 0. The molecular weight excluding hydrogens is 807 g/mol. The van der Waals surface area contributed by atoms with Crippen LogP contribution in [0.2, 0.25) is 0 Å². The van der Waals surface area contributed by atoms with Crippen molar-refractivity contribution in [1.29, 1.82) is 0 Å². The molecule has 312 valence electrons. The molecule has 0 bridgehead atoms. The molecule has 0 saturated carbocycles. The van der Waals surface area contributed by atoms with Crippen molar-refractivity contribution in [2.45, 2.75) is 10.8 Å². The molecule has 3 aliphatic carbocycles. The highest BCUT2D eigenvalue weighted by Gasteiger charge is 2.52. The van der Waals surface area contributed by atoms with Gasteiger partial charge in [-0.25, -0.2) is 0 Å². The van der Waals surface area contributed by atoms with E-state index in [0.717, 1.165) is 17.1 Å². The first kappa shape index (κ1) is 37.8. The Morgan fingerprint density at radius 3 is 1.28 bits per heavy atom. The quantitative estimate of drug-likeness (QED) is 0.161. The maximum Gasteiger partial charge on any atom is 0.0726 e. The van der Waals surface area contributed by atoms with Crippen LogP contribution in [0.4, 0.5) is 17.1 Å². The van der Waals surface area contributed by atoms with Crippen LogP contribution in [-0.2, 0) is 10.8 Å². The topological polar surface area (TPSA) is 3.24 Å². The van der Waals surface area contributed by atoms with Crippen LogP contribution in [0.5, 0.6) is 0 Å². The minimum atomic E-state index is -0.576. The zero-order valence-corrected chi connectivity index (χ0v) is 36.8. The standard InChI is InChI=1S/C66H43N/c1-5-21-44(22-6-1)56-43-58-57-41-48(38-40-62(57)65(45-23-7-2-8-24-45,46-25-9-3-10-26-46)64(58)55-33-14-13-29-50(55)56)67(47-27-11-4-12-28-47)49-37-39-54-53-32-17-20-36-61(53)66(63(54)42-49)59-34-18-15-30-51(59)52-31-16-19-35-60(52)66/h1-43H. The Kier molecular flexibility index (Phi) is 8.18. The van der Waals surface area contributed by atoms with Gasteiger partial charge in [0.25, 0.3) is 0 Å². The van der Waals surface area contributed by atoms with Crippen LogP contribution in [0.3, 0.4) is 0 Å². The lowest BCUT2D eigenvalue weighted by Crippen LogP contribution is -2.29. The highest BCUT2D eigenvalue weighted by Crippen LogP contribution is 2.64. The van der Waals surface area contributed by atoms with E-state index in [4.69, 9.17) is 0 Å². The third kappa shape index (κ3) is 5.14. The lowest BCUT2D eigenvalue weighted by molar-refractivity contribution is 0.775. The molecule has 0 N–H and O–H groups in total. The summed E-state index contributed by atoms with van der Waals surface area (Å²) in [4.78, 5) is 2.48. The average Bonchev–Trinajstić information content (AvgIpc) is 3.99. The molecule has 0 unspecified atom stereocenters. The van der Waals surface area contributed by atoms with E-state index in [1.165, 1.54) is 99.8 Å². The van der Waals surface area contributed by atoms with Crippen LogP contribution in [0.1, 0.15) is 44.5 Å². The van der Waals surface area contributed by atoms with Gasteiger partial charge < -0.3 is 4.90 Å². The van der Waals surface area contributed by atoms with Crippen LogP contribution in [-0.4, -0.2) is 0 Å². The molecule has 0 saturated heterocycles. The van der Waals surface area contributed by atoms with Crippen LogP contribution < -0.4 is 4.90 Å². The Balaban J connectivity index is 1.06. The van der Waals surface area contributed by atoms with Crippen molar-refractivity contribution in [3.05, 3.63) is 305 Å². The summed E-state index contributed by atoms with van der Waals surface area (Å²) in [7, 11) is 0. The number of anilines is 3. The molecule has 0 fully saturated rings. The van der Waals surface area contributed by atoms with Gasteiger partial charge in [-0.1, -0.05) is 218 Å². The highest BCUT2D eigenvalue weighted by molar-refractivity contribution is 6.08. The second-order valence-electron chi connectivity index (χ2n) is 18.3. The van der Waals surface area contributed by atoms with Crippen molar-refractivity contribution >= 4 is 27.8 Å². The summed E-state index contributed by atoms with van der Waals surface area (Å²) >= 11 is 0. The second-order valence-corrected chi connectivity index (χ2v) is 18.3. The first-order valence-corrected chi connectivity index (χ1v) is 23.4. The average molecular weight is 850 g/mol. The largest absolute Gasteiger partial charge is 0.310 e. The van der Waals surface area contributed by atoms with E-state index < -0.39 is 10.8 Å². The van der Waals surface area contributed by atoms with E-state index in [1.54, 1.807) is 0 Å². The van der Waals surface area contributed by atoms with Crippen LogP contribution in [0.15, 0.2) is 261 Å². The number of fused-ring (bicyclic) bond motifs is 15. The predicted octanol–water partition coefficient (Wildman–Crippen LogP) is 16.7. The van der Waals surface area contributed by atoms with E-state index in [0.29, 0.717) is 0 Å². The minimum Gasteiger partial charge on any atom is -0.310 e. The Labute approximate surface area is 391 Å². The molecule has 3 aliphatic rings. The summed E-state index contributed by atoms with van der Waals surface area (Å²) in [6.07, 6.45) is 0. The normalized spacial score (nSPS) is 13.9. The molecule has 0 amide bonds. The van der Waals surface area contributed by atoms with Gasteiger partial charge in [0.2, 0.25) is 0 Å². The lowest BCUT2D eigenvalue weighted by Gasteiger charge is -2.35. The molecule has 1 spiro atoms. The Morgan fingerprint density at radius 1 is 0.239 bits per heavy atom. The van der Waals surface area contributed by atoms with Crippen LogP contribution in [0.25, 0.3) is 55.3 Å². The lowest BCUT2D eigenvalue weighted by atomic mass is 9.66. The molecule has 0 aromatic heterocycles. The number of nitrogens with zero attached hydrogens (tertiary/aromatic N) is 1. The summed E-state index contributed by atoms with van der Waals surface area (Å²) in [6.45, 7) is 0.